The van der Waals surface area contributed by atoms with Gasteiger partial charge in [-0.3, -0.25) is 4.79 Å². The van der Waals surface area contributed by atoms with Gasteiger partial charge in [0.05, 0.1) is 13.1 Å². The Labute approximate surface area is 156 Å². The number of carbonyl (C=O) groups is 1. The standard InChI is InChI=1S/C15H21F3N4O.HI/c1-21(2)14(19-9-12-7-5-4-6-8-12)20-10-13(23)22(3)11-15(16,17)18;/h4-8H,9-11H2,1-3H3,(H,19,20);1H. The first-order valence-electron chi connectivity index (χ1n) is 6.99. The molecule has 0 heterocycles. The van der Waals surface area contributed by atoms with Crippen molar-refractivity contribution in [1.82, 2.24) is 15.1 Å². The number of hydrogen-bond acceptors (Lipinski definition) is 2. The van der Waals surface area contributed by atoms with Gasteiger partial charge >= 0.3 is 6.18 Å². The maximum absolute atomic E-state index is 12.3. The van der Waals surface area contributed by atoms with E-state index in [1.165, 1.54) is 0 Å². The van der Waals surface area contributed by atoms with Gasteiger partial charge in [-0.1, -0.05) is 30.3 Å². The van der Waals surface area contributed by atoms with E-state index in [-0.39, 0.29) is 30.5 Å². The molecule has 136 valence electrons. The van der Waals surface area contributed by atoms with Gasteiger partial charge in [0.25, 0.3) is 0 Å². The predicted octanol–water partition coefficient (Wildman–Crippen LogP) is 2.33. The minimum atomic E-state index is -4.41. The summed E-state index contributed by atoms with van der Waals surface area (Å²) in [7, 11) is 4.59. The Bertz CT molecular complexity index is 535. The van der Waals surface area contributed by atoms with Crippen LogP contribution >= 0.6 is 24.0 Å². The summed E-state index contributed by atoms with van der Waals surface area (Å²) in [5.41, 5.74) is 0.995. The van der Waals surface area contributed by atoms with Crippen molar-refractivity contribution in [3.05, 3.63) is 35.9 Å². The van der Waals surface area contributed by atoms with E-state index in [2.05, 4.69) is 10.3 Å². The van der Waals surface area contributed by atoms with Gasteiger partial charge in [0.2, 0.25) is 5.91 Å². The third kappa shape index (κ3) is 8.94. The second-order valence-electron chi connectivity index (χ2n) is 5.24. The zero-order chi connectivity index (χ0) is 17.5. The highest BCUT2D eigenvalue weighted by Crippen LogP contribution is 2.15. The van der Waals surface area contributed by atoms with Gasteiger partial charge in [-0.2, -0.15) is 13.2 Å². The lowest BCUT2D eigenvalue weighted by molar-refractivity contribution is -0.157. The molecule has 1 aromatic carbocycles. The maximum atomic E-state index is 12.3. The topological polar surface area (TPSA) is 47.9 Å². The molecule has 24 heavy (non-hydrogen) atoms. The van der Waals surface area contributed by atoms with E-state index >= 15 is 0 Å². The Morgan fingerprint density at radius 1 is 1.17 bits per heavy atom. The highest BCUT2D eigenvalue weighted by atomic mass is 127. The highest BCUT2D eigenvalue weighted by molar-refractivity contribution is 14.0. The van der Waals surface area contributed by atoms with Gasteiger partial charge in [-0.25, -0.2) is 4.99 Å². The zero-order valence-electron chi connectivity index (χ0n) is 13.8. The second kappa shape index (κ2) is 10.4. The van der Waals surface area contributed by atoms with Crippen LogP contribution in [0.25, 0.3) is 0 Å². The third-order valence-electron chi connectivity index (χ3n) is 2.92. The van der Waals surface area contributed by atoms with Crippen molar-refractivity contribution in [1.29, 1.82) is 0 Å². The Kier molecular flexibility index (Phi) is 9.71. The molecule has 1 amide bonds. The molecule has 0 aromatic heterocycles. The van der Waals surface area contributed by atoms with Gasteiger partial charge in [0, 0.05) is 21.1 Å². The number of nitrogens with one attached hydrogen (secondary N) is 1. The van der Waals surface area contributed by atoms with Gasteiger partial charge in [0.15, 0.2) is 5.96 Å². The summed E-state index contributed by atoms with van der Waals surface area (Å²) in [5.74, 6) is -0.223. The molecule has 0 aliphatic rings. The first kappa shape index (κ1) is 22.5. The first-order valence-corrected chi connectivity index (χ1v) is 6.99. The Balaban J connectivity index is 0.00000529. The number of alkyl halides is 3. The summed E-state index contributed by atoms with van der Waals surface area (Å²) in [6.07, 6.45) is -4.41. The van der Waals surface area contributed by atoms with Gasteiger partial charge in [-0.15, -0.1) is 24.0 Å². The number of amides is 1. The number of guanidine groups is 1. The normalized spacial score (nSPS) is 11.5. The molecule has 0 saturated carbocycles. The molecular formula is C15H22F3IN4O. The molecule has 0 bridgehead atoms. The molecule has 9 heteroatoms. The van der Waals surface area contributed by atoms with Crippen LogP contribution in [0.4, 0.5) is 13.2 Å². The van der Waals surface area contributed by atoms with Crippen LogP contribution < -0.4 is 5.32 Å². The van der Waals surface area contributed by atoms with Gasteiger partial charge in [0.1, 0.15) is 6.54 Å². The molecule has 0 spiro atoms. The number of benzene rings is 1. The van der Waals surface area contributed by atoms with Gasteiger partial charge in [-0.05, 0) is 5.56 Å². The fourth-order valence-corrected chi connectivity index (χ4v) is 1.75. The zero-order valence-corrected chi connectivity index (χ0v) is 16.1. The highest BCUT2D eigenvalue weighted by Gasteiger charge is 2.31. The average molecular weight is 458 g/mol. The smallest absolute Gasteiger partial charge is 0.349 e. The molecular weight excluding hydrogens is 436 g/mol. The van der Waals surface area contributed by atoms with Crippen LogP contribution in [-0.2, 0) is 11.3 Å². The lowest BCUT2D eigenvalue weighted by Gasteiger charge is -2.21. The minimum absolute atomic E-state index is 0. The quantitative estimate of drug-likeness (QED) is 0.419. The molecule has 0 fully saturated rings. The molecule has 0 atom stereocenters. The first-order chi connectivity index (χ1) is 10.7. The third-order valence-corrected chi connectivity index (χ3v) is 2.92. The molecule has 5 nitrogen and oxygen atoms in total. The van der Waals surface area contributed by atoms with Crippen LogP contribution in [0.5, 0.6) is 0 Å². The fourth-order valence-electron chi connectivity index (χ4n) is 1.75. The lowest BCUT2D eigenvalue weighted by Crippen LogP contribution is -2.45. The number of aliphatic imine (C=N–C) groups is 1. The van der Waals surface area contributed by atoms with Crippen molar-refractivity contribution < 1.29 is 18.0 Å². The molecule has 1 aromatic rings. The Morgan fingerprint density at radius 2 is 1.75 bits per heavy atom. The van der Waals surface area contributed by atoms with Crippen molar-refractivity contribution in [3.63, 3.8) is 0 Å². The average Bonchev–Trinajstić information content (AvgIpc) is 2.45. The molecule has 0 aliphatic heterocycles. The Hall–Kier alpha value is -1.52. The summed E-state index contributed by atoms with van der Waals surface area (Å²) in [6, 6.07) is 9.51. The van der Waals surface area contributed by atoms with Crippen LogP contribution in [-0.4, -0.2) is 62.1 Å². The molecule has 1 rings (SSSR count). The van der Waals surface area contributed by atoms with Crippen molar-refractivity contribution in [2.45, 2.75) is 12.7 Å². The second-order valence-corrected chi connectivity index (χ2v) is 5.24. The SMILES string of the molecule is CN(C)C(=NCc1ccccc1)NCC(=O)N(C)CC(F)(F)F.I. The molecule has 0 radical (unpaired) electrons. The van der Waals surface area contributed by atoms with E-state index in [0.29, 0.717) is 17.4 Å². The van der Waals surface area contributed by atoms with E-state index in [1.807, 2.05) is 30.3 Å². The fraction of sp³-hybridized carbons (Fsp3) is 0.467. The number of carbonyl (C=O) groups excluding carboxylic acids is 1. The number of rotatable bonds is 5. The van der Waals surface area contributed by atoms with Crippen molar-refractivity contribution in [2.24, 2.45) is 4.99 Å². The van der Waals surface area contributed by atoms with Crippen molar-refractivity contribution in [2.75, 3.05) is 34.2 Å². The number of halogens is 4. The van der Waals surface area contributed by atoms with Crippen LogP contribution in [0.15, 0.2) is 35.3 Å². The largest absolute Gasteiger partial charge is 0.406 e. The summed E-state index contributed by atoms with van der Waals surface area (Å²) in [5, 5.41) is 2.77. The van der Waals surface area contributed by atoms with E-state index in [4.69, 9.17) is 0 Å². The molecule has 0 unspecified atom stereocenters. The van der Waals surface area contributed by atoms with E-state index in [1.54, 1.807) is 19.0 Å². The van der Waals surface area contributed by atoms with E-state index in [9.17, 15) is 18.0 Å². The monoisotopic (exact) mass is 458 g/mol. The maximum Gasteiger partial charge on any atom is 0.406 e. The molecule has 0 saturated heterocycles. The van der Waals surface area contributed by atoms with Crippen LogP contribution in [0.3, 0.4) is 0 Å². The van der Waals surface area contributed by atoms with Crippen LogP contribution in [0, 0.1) is 0 Å². The van der Waals surface area contributed by atoms with Crippen molar-refractivity contribution in [3.8, 4) is 0 Å². The van der Waals surface area contributed by atoms with E-state index < -0.39 is 18.6 Å². The van der Waals surface area contributed by atoms with E-state index in [0.717, 1.165) is 12.6 Å². The number of nitrogens with zero attached hydrogens (tertiary/aromatic N) is 3. The van der Waals surface area contributed by atoms with Crippen LogP contribution in [0.1, 0.15) is 5.56 Å². The van der Waals surface area contributed by atoms with Crippen molar-refractivity contribution >= 4 is 35.8 Å². The lowest BCUT2D eigenvalue weighted by atomic mass is 10.2. The number of hydrogen-bond donors (Lipinski definition) is 1. The van der Waals surface area contributed by atoms with Crippen LogP contribution in [0.2, 0.25) is 0 Å². The summed E-state index contributed by atoms with van der Waals surface area (Å²) < 4.78 is 36.8. The summed E-state index contributed by atoms with van der Waals surface area (Å²) >= 11 is 0. The summed E-state index contributed by atoms with van der Waals surface area (Å²) in [6.45, 7) is -1.11. The molecule has 0 aliphatic carbocycles. The number of likely N-dealkylation sites (N-methyl/N-ethyl adjacent to an activating group) is 1. The molecule has 1 N–H and O–H groups in total. The predicted molar refractivity (Wildman–Crippen MR) is 98.4 cm³/mol. The minimum Gasteiger partial charge on any atom is -0.349 e. The summed E-state index contributed by atoms with van der Waals surface area (Å²) in [4.78, 5) is 18.4. The Morgan fingerprint density at radius 3 is 2.25 bits per heavy atom. The van der Waals surface area contributed by atoms with Gasteiger partial charge < -0.3 is 15.1 Å².